The van der Waals surface area contributed by atoms with Gasteiger partial charge in [0.2, 0.25) is 0 Å². The summed E-state index contributed by atoms with van der Waals surface area (Å²) in [4.78, 5) is 11.2. The van der Waals surface area contributed by atoms with E-state index in [4.69, 9.17) is 0 Å². The minimum atomic E-state index is 0.685. The predicted molar refractivity (Wildman–Crippen MR) is 72.1 cm³/mol. The van der Waals surface area contributed by atoms with Crippen molar-refractivity contribution in [1.82, 2.24) is 15.3 Å². The Labute approximate surface area is 104 Å². The molecule has 17 heavy (non-hydrogen) atoms. The van der Waals surface area contributed by atoms with Crippen molar-refractivity contribution in [3.8, 4) is 0 Å². The second-order valence-electron chi connectivity index (χ2n) is 4.45. The first-order valence-electron chi connectivity index (χ1n) is 6.41. The highest BCUT2D eigenvalue weighted by Gasteiger charge is 2.10. The van der Waals surface area contributed by atoms with Crippen LogP contribution in [-0.4, -0.2) is 30.1 Å². The summed E-state index contributed by atoms with van der Waals surface area (Å²) in [6.07, 6.45) is 4.86. The van der Waals surface area contributed by atoms with Gasteiger partial charge in [0, 0.05) is 25.8 Å². The van der Waals surface area contributed by atoms with E-state index in [-0.39, 0.29) is 0 Å². The van der Waals surface area contributed by atoms with E-state index < -0.39 is 0 Å². The molecule has 1 atom stereocenters. The molecule has 1 heterocycles. The molecule has 0 saturated carbocycles. The second kappa shape index (κ2) is 7.22. The molecule has 1 aromatic heterocycles. The average molecular weight is 236 g/mol. The normalized spacial score (nSPS) is 12.5. The fourth-order valence-corrected chi connectivity index (χ4v) is 1.70. The third-order valence-corrected chi connectivity index (χ3v) is 2.96. The molecule has 0 amide bonds. The Hall–Kier alpha value is -1.16. The standard InChI is InChI=1S/C13H24N4/c1-5-11(3)10-17(6-2)13-9-15-8-12(16-13)7-14-4/h8-9,11,14H,5-7,10H2,1-4H3. The van der Waals surface area contributed by atoms with Crippen LogP contribution in [0.3, 0.4) is 0 Å². The Morgan fingerprint density at radius 2 is 2.12 bits per heavy atom. The molecule has 1 aromatic rings. The number of rotatable bonds is 7. The first-order chi connectivity index (χ1) is 8.21. The fourth-order valence-electron chi connectivity index (χ4n) is 1.70. The lowest BCUT2D eigenvalue weighted by Crippen LogP contribution is -2.29. The maximum Gasteiger partial charge on any atom is 0.147 e. The SMILES string of the molecule is CCC(C)CN(CC)c1cncc(CNC)n1. The first-order valence-corrected chi connectivity index (χ1v) is 6.41. The molecule has 1 rings (SSSR count). The maximum absolute atomic E-state index is 4.62. The molecule has 0 bridgehead atoms. The molecule has 4 heteroatoms. The largest absolute Gasteiger partial charge is 0.355 e. The summed E-state index contributed by atoms with van der Waals surface area (Å²) in [5.74, 6) is 1.67. The Bertz CT molecular complexity index is 327. The van der Waals surface area contributed by atoms with Crippen molar-refractivity contribution in [3.63, 3.8) is 0 Å². The van der Waals surface area contributed by atoms with Gasteiger partial charge in [0.25, 0.3) is 0 Å². The highest BCUT2D eigenvalue weighted by Crippen LogP contribution is 2.13. The summed E-state index contributed by atoms with van der Waals surface area (Å²) in [7, 11) is 1.92. The first kappa shape index (κ1) is 13.9. The summed E-state index contributed by atoms with van der Waals surface area (Å²) >= 11 is 0. The van der Waals surface area contributed by atoms with E-state index in [9.17, 15) is 0 Å². The third kappa shape index (κ3) is 4.30. The maximum atomic E-state index is 4.62. The summed E-state index contributed by atoms with van der Waals surface area (Å²) < 4.78 is 0. The Balaban J connectivity index is 2.76. The molecule has 0 saturated heterocycles. The van der Waals surface area contributed by atoms with E-state index in [1.807, 2.05) is 19.4 Å². The fraction of sp³-hybridized carbons (Fsp3) is 0.692. The topological polar surface area (TPSA) is 41.1 Å². The van der Waals surface area contributed by atoms with Crippen molar-refractivity contribution >= 4 is 5.82 Å². The van der Waals surface area contributed by atoms with E-state index in [1.54, 1.807) is 0 Å². The van der Waals surface area contributed by atoms with Crippen LogP contribution in [-0.2, 0) is 6.54 Å². The van der Waals surface area contributed by atoms with Crippen molar-refractivity contribution in [2.45, 2.75) is 33.7 Å². The van der Waals surface area contributed by atoms with Gasteiger partial charge in [0.1, 0.15) is 5.82 Å². The molecule has 1 N–H and O–H groups in total. The zero-order valence-corrected chi connectivity index (χ0v) is 11.4. The lowest BCUT2D eigenvalue weighted by molar-refractivity contribution is 0.544. The predicted octanol–water partition coefficient (Wildman–Crippen LogP) is 2.07. The zero-order chi connectivity index (χ0) is 12.7. The van der Waals surface area contributed by atoms with E-state index in [1.165, 1.54) is 6.42 Å². The van der Waals surface area contributed by atoms with Crippen LogP contribution in [0.2, 0.25) is 0 Å². The molecule has 1 unspecified atom stereocenters. The van der Waals surface area contributed by atoms with Crippen molar-refractivity contribution in [2.24, 2.45) is 5.92 Å². The van der Waals surface area contributed by atoms with Crippen LogP contribution in [0.25, 0.3) is 0 Å². The molecule has 96 valence electrons. The van der Waals surface area contributed by atoms with Gasteiger partial charge in [-0.15, -0.1) is 0 Å². The molecule has 0 radical (unpaired) electrons. The second-order valence-corrected chi connectivity index (χ2v) is 4.45. The van der Waals surface area contributed by atoms with Gasteiger partial charge in [-0.3, -0.25) is 4.98 Å². The van der Waals surface area contributed by atoms with Gasteiger partial charge in [-0.05, 0) is 19.9 Å². The number of hydrogen-bond donors (Lipinski definition) is 1. The van der Waals surface area contributed by atoms with E-state index in [2.05, 4.69) is 41.0 Å². The summed E-state index contributed by atoms with van der Waals surface area (Å²) in [5.41, 5.74) is 0.993. The van der Waals surface area contributed by atoms with Gasteiger partial charge in [0.15, 0.2) is 0 Å². The van der Waals surface area contributed by atoms with Crippen LogP contribution in [0.15, 0.2) is 12.4 Å². The summed E-state index contributed by atoms with van der Waals surface area (Å²) in [5, 5.41) is 3.10. The molecule has 0 spiro atoms. The van der Waals surface area contributed by atoms with Crippen LogP contribution in [0, 0.1) is 5.92 Å². The van der Waals surface area contributed by atoms with Crippen LogP contribution in [0.1, 0.15) is 32.9 Å². The average Bonchev–Trinajstić information content (AvgIpc) is 2.36. The Morgan fingerprint density at radius 3 is 2.71 bits per heavy atom. The Kier molecular flexibility index (Phi) is 5.91. The smallest absolute Gasteiger partial charge is 0.147 e. The molecule has 0 aromatic carbocycles. The summed E-state index contributed by atoms with van der Waals surface area (Å²) in [6, 6.07) is 0. The van der Waals surface area contributed by atoms with Crippen molar-refractivity contribution < 1.29 is 0 Å². The van der Waals surface area contributed by atoms with E-state index in [0.717, 1.165) is 31.1 Å². The van der Waals surface area contributed by atoms with Crippen LogP contribution in [0.4, 0.5) is 5.82 Å². The van der Waals surface area contributed by atoms with Crippen LogP contribution < -0.4 is 10.2 Å². The van der Waals surface area contributed by atoms with Gasteiger partial charge in [-0.2, -0.15) is 0 Å². The molecule has 0 aliphatic heterocycles. The molecule has 0 aliphatic rings. The zero-order valence-electron chi connectivity index (χ0n) is 11.4. The highest BCUT2D eigenvalue weighted by molar-refractivity contribution is 5.36. The van der Waals surface area contributed by atoms with Gasteiger partial charge >= 0.3 is 0 Å². The highest BCUT2D eigenvalue weighted by atomic mass is 15.2. The van der Waals surface area contributed by atoms with E-state index >= 15 is 0 Å². The molecule has 4 nitrogen and oxygen atoms in total. The molecular weight excluding hydrogens is 212 g/mol. The minimum Gasteiger partial charge on any atom is -0.355 e. The van der Waals surface area contributed by atoms with Gasteiger partial charge in [-0.25, -0.2) is 4.98 Å². The minimum absolute atomic E-state index is 0.685. The monoisotopic (exact) mass is 236 g/mol. The lowest BCUT2D eigenvalue weighted by atomic mass is 10.1. The quantitative estimate of drug-likeness (QED) is 0.787. The number of nitrogens with one attached hydrogen (secondary N) is 1. The third-order valence-electron chi connectivity index (χ3n) is 2.96. The molecular formula is C13H24N4. The molecule has 0 aliphatic carbocycles. The van der Waals surface area contributed by atoms with E-state index in [0.29, 0.717) is 5.92 Å². The lowest BCUT2D eigenvalue weighted by Gasteiger charge is -2.25. The van der Waals surface area contributed by atoms with Crippen molar-refractivity contribution in [2.75, 3.05) is 25.0 Å². The number of hydrogen-bond acceptors (Lipinski definition) is 4. The van der Waals surface area contributed by atoms with Gasteiger partial charge in [0.05, 0.1) is 11.9 Å². The van der Waals surface area contributed by atoms with Crippen molar-refractivity contribution in [3.05, 3.63) is 18.1 Å². The van der Waals surface area contributed by atoms with Crippen molar-refractivity contribution in [1.29, 1.82) is 0 Å². The van der Waals surface area contributed by atoms with Crippen LogP contribution >= 0.6 is 0 Å². The van der Waals surface area contributed by atoms with Crippen LogP contribution in [0.5, 0.6) is 0 Å². The number of anilines is 1. The molecule has 0 fully saturated rings. The van der Waals surface area contributed by atoms with Gasteiger partial charge in [-0.1, -0.05) is 20.3 Å². The number of aromatic nitrogens is 2. The summed E-state index contributed by atoms with van der Waals surface area (Å²) in [6.45, 7) is 9.44. The Morgan fingerprint density at radius 1 is 1.35 bits per heavy atom. The van der Waals surface area contributed by atoms with Gasteiger partial charge < -0.3 is 10.2 Å². The number of nitrogens with zero attached hydrogens (tertiary/aromatic N) is 3.